The predicted octanol–water partition coefficient (Wildman–Crippen LogP) is 7.15. The summed E-state index contributed by atoms with van der Waals surface area (Å²) in [4.78, 5) is 58.8. The number of hydrogen-bond donors (Lipinski definition) is 2. The first-order chi connectivity index (χ1) is 25.3. The van der Waals surface area contributed by atoms with Crippen LogP contribution in [0.4, 0.5) is 17.1 Å². The number of para-hydroxylation sites is 1. The zero-order valence-corrected chi connectivity index (χ0v) is 32.8. The Balaban J connectivity index is 1.40. The number of allylic oxidation sites excluding steroid dienone is 3. The molecule has 0 radical (unpaired) electrons. The molecule has 1 spiro atoms. The Morgan fingerprint density at radius 2 is 1.70 bits per heavy atom. The summed E-state index contributed by atoms with van der Waals surface area (Å²) >= 11 is 0. The molecule has 0 saturated carbocycles. The molecule has 10 heteroatoms. The maximum Gasteiger partial charge on any atom is 0.264 e. The molecule has 0 unspecified atom stereocenters. The summed E-state index contributed by atoms with van der Waals surface area (Å²) in [5, 5.41) is 10.4. The summed E-state index contributed by atoms with van der Waals surface area (Å²) < 4.78 is 7.04. The summed E-state index contributed by atoms with van der Waals surface area (Å²) in [5.74, 6) is -0.905. The molecule has 280 valence electrons. The number of anilines is 3. The molecule has 1 fully saturated rings. The Morgan fingerprint density at radius 3 is 2.36 bits per heavy atom. The lowest BCUT2D eigenvalue weighted by Crippen LogP contribution is -2.48. The van der Waals surface area contributed by atoms with Crippen LogP contribution in [0.2, 0.25) is 18.6 Å². The van der Waals surface area contributed by atoms with Gasteiger partial charge in [-0.2, -0.15) is 0 Å². The molecule has 3 amide bonds. The summed E-state index contributed by atoms with van der Waals surface area (Å²) in [6.07, 6.45) is 6.59. The first-order valence-electron chi connectivity index (χ1n) is 18.7. The summed E-state index contributed by atoms with van der Waals surface area (Å²) in [7, 11) is -3.07. The second-order valence-electron chi connectivity index (χ2n) is 15.7. The summed E-state index contributed by atoms with van der Waals surface area (Å²) in [6.45, 7) is 12.4. The van der Waals surface area contributed by atoms with E-state index in [9.17, 15) is 19.5 Å². The fraction of sp³-hybridized carbons (Fsp3) is 0.419. The van der Waals surface area contributed by atoms with E-state index in [1.54, 1.807) is 14.7 Å². The number of hydrogen-bond acceptors (Lipinski definition) is 6. The number of rotatable bonds is 12. The van der Waals surface area contributed by atoms with Gasteiger partial charge in [0.25, 0.3) is 5.91 Å². The van der Waals surface area contributed by atoms with Gasteiger partial charge in [0.2, 0.25) is 12.3 Å². The highest BCUT2D eigenvalue weighted by atomic mass is 28.4. The number of carbonyl (C=O) groups is 3. The molecule has 0 bridgehead atoms. The Labute approximate surface area is 314 Å². The normalized spacial score (nSPS) is 23.9. The van der Waals surface area contributed by atoms with E-state index in [-0.39, 0.29) is 30.9 Å². The maximum atomic E-state index is 15.1. The van der Waals surface area contributed by atoms with Crippen molar-refractivity contribution in [3.8, 4) is 0 Å². The van der Waals surface area contributed by atoms with Gasteiger partial charge in [0.15, 0.2) is 13.9 Å². The standard InChI is InChI=1S/C43H53N3O6Si/c1-29(2)13-12-14-30(3)21-22-44-38-20-19-35(46(28-48)34-17-8-7-9-18-34)24-37(38)43(42(44)50)31(4)41(53(5,6)51)39(52-43)25-40(49)45-26-33-16-11-10-15-32(33)23-36(45)27-47/h7-11,13,15-21,24,28,31,36,39,41,47,51H,12,14,22-23,25-27H2,1-6H3/b30-21+/t31-,36-,39+,41-,43+/m0/s1. The highest BCUT2D eigenvalue weighted by Gasteiger charge is 2.66. The molecular formula is C43H53N3O6Si. The van der Waals surface area contributed by atoms with E-state index in [2.05, 4.69) is 32.9 Å². The van der Waals surface area contributed by atoms with Gasteiger partial charge < -0.3 is 24.4 Å². The Bertz CT molecular complexity index is 1900. The van der Waals surface area contributed by atoms with Gasteiger partial charge in [-0.1, -0.05) is 72.7 Å². The minimum atomic E-state index is -3.07. The summed E-state index contributed by atoms with van der Waals surface area (Å²) in [5.41, 5.74) is 5.21. The van der Waals surface area contributed by atoms with Gasteiger partial charge in [-0.05, 0) is 94.6 Å². The van der Waals surface area contributed by atoms with Crippen LogP contribution in [0, 0.1) is 5.92 Å². The highest BCUT2D eigenvalue weighted by molar-refractivity contribution is 6.71. The second-order valence-corrected chi connectivity index (χ2v) is 19.7. The Hall–Kier alpha value is -4.35. The first-order valence-corrected chi connectivity index (χ1v) is 21.7. The molecule has 3 aromatic rings. The topological polar surface area (TPSA) is 111 Å². The van der Waals surface area contributed by atoms with Crippen molar-refractivity contribution in [3.63, 3.8) is 0 Å². The van der Waals surface area contributed by atoms with E-state index in [1.165, 1.54) is 5.57 Å². The van der Waals surface area contributed by atoms with Gasteiger partial charge >= 0.3 is 0 Å². The number of carbonyl (C=O) groups excluding carboxylic acids is 3. The molecule has 53 heavy (non-hydrogen) atoms. The van der Waals surface area contributed by atoms with Crippen LogP contribution in [-0.4, -0.2) is 66.6 Å². The minimum Gasteiger partial charge on any atom is -0.432 e. The van der Waals surface area contributed by atoms with Crippen LogP contribution in [0.25, 0.3) is 0 Å². The van der Waals surface area contributed by atoms with Crippen molar-refractivity contribution in [1.29, 1.82) is 0 Å². The molecule has 0 aliphatic carbocycles. The lowest BCUT2D eigenvalue weighted by atomic mass is 9.82. The number of benzene rings is 3. The van der Waals surface area contributed by atoms with Gasteiger partial charge in [0.05, 0.1) is 30.9 Å². The number of fused-ring (bicyclic) bond motifs is 3. The monoisotopic (exact) mass is 735 g/mol. The number of amides is 3. The van der Waals surface area contributed by atoms with Crippen molar-refractivity contribution in [2.75, 3.05) is 23.0 Å². The van der Waals surface area contributed by atoms with E-state index in [1.807, 2.05) is 92.8 Å². The van der Waals surface area contributed by atoms with Crippen LogP contribution in [-0.2, 0) is 37.7 Å². The minimum absolute atomic E-state index is 0.0391. The van der Waals surface area contributed by atoms with Crippen molar-refractivity contribution >= 4 is 43.6 Å². The van der Waals surface area contributed by atoms with Gasteiger partial charge in [-0.3, -0.25) is 19.3 Å². The third kappa shape index (κ3) is 7.42. The summed E-state index contributed by atoms with van der Waals surface area (Å²) in [6, 6.07) is 22.5. The van der Waals surface area contributed by atoms with Gasteiger partial charge in [0, 0.05) is 41.5 Å². The van der Waals surface area contributed by atoms with Gasteiger partial charge in [-0.15, -0.1) is 0 Å². The Morgan fingerprint density at radius 1 is 1.00 bits per heavy atom. The van der Waals surface area contributed by atoms with Crippen molar-refractivity contribution in [1.82, 2.24) is 4.90 Å². The molecule has 9 nitrogen and oxygen atoms in total. The average Bonchev–Trinajstić information content (AvgIpc) is 3.56. The van der Waals surface area contributed by atoms with Crippen molar-refractivity contribution in [2.45, 2.75) is 96.3 Å². The van der Waals surface area contributed by atoms with Gasteiger partial charge in [0.1, 0.15) is 0 Å². The fourth-order valence-electron chi connectivity index (χ4n) is 8.73. The maximum absolute atomic E-state index is 15.1. The third-order valence-electron chi connectivity index (χ3n) is 11.4. The number of aliphatic hydroxyl groups excluding tert-OH is 1. The van der Waals surface area contributed by atoms with Crippen LogP contribution >= 0.6 is 0 Å². The molecular weight excluding hydrogens is 683 g/mol. The van der Waals surface area contributed by atoms with E-state index < -0.39 is 31.5 Å². The molecule has 1 saturated heterocycles. The Kier molecular flexibility index (Phi) is 11.3. The number of ether oxygens (including phenoxy) is 1. The van der Waals surface area contributed by atoms with Crippen molar-refractivity contribution in [2.24, 2.45) is 5.92 Å². The molecule has 3 aliphatic heterocycles. The lowest BCUT2D eigenvalue weighted by molar-refractivity contribution is -0.150. The van der Waals surface area contributed by atoms with Crippen molar-refractivity contribution in [3.05, 3.63) is 113 Å². The third-order valence-corrected chi connectivity index (χ3v) is 13.9. The van der Waals surface area contributed by atoms with E-state index in [0.29, 0.717) is 42.1 Å². The zero-order valence-electron chi connectivity index (χ0n) is 31.8. The number of nitrogens with zero attached hydrogens (tertiary/aromatic N) is 3. The zero-order chi connectivity index (χ0) is 38.1. The molecule has 0 aromatic heterocycles. The average molecular weight is 736 g/mol. The highest BCUT2D eigenvalue weighted by Crippen LogP contribution is 2.60. The number of aliphatic hydroxyl groups is 1. The molecule has 3 aromatic carbocycles. The molecule has 3 aliphatic rings. The quantitative estimate of drug-likeness (QED) is 0.116. The predicted molar refractivity (Wildman–Crippen MR) is 211 cm³/mol. The van der Waals surface area contributed by atoms with Crippen LogP contribution in [0.5, 0.6) is 0 Å². The van der Waals surface area contributed by atoms with E-state index in [0.717, 1.165) is 36.0 Å². The van der Waals surface area contributed by atoms with E-state index in [4.69, 9.17) is 4.74 Å². The molecule has 6 rings (SSSR count). The fourth-order valence-corrected chi connectivity index (χ4v) is 11.3. The van der Waals surface area contributed by atoms with Crippen molar-refractivity contribution < 1.29 is 29.0 Å². The second kappa shape index (κ2) is 15.6. The molecule has 5 atom stereocenters. The van der Waals surface area contributed by atoms with Crippen LogP contribution < -0.4 is 9.80 Å². The SMILES string of the molecule is CC(C)=CCC/C(C)=C/CN1C(=O)[C@]2(O[C@H](CC(=O)N3Cc4ccccc4C[C@H]3CO)[C@@H]([Si](C)(C)O)[C@@H]2C)c2cc(N(C=O)c3ccccc3)ccc21. The van der Waals surface area contributed by atoms with Crippen LogP contribution in [0.3, 0.4) is 0 Å². The van der Waals surface area contributed by atoms with Gasteiger partial charge in [-0.25, -0.2) is 0 Å². The van der Waals surface area contributed by atoms with E-state index >= 15 is 4.79 Å². The molecule has 3 heterocycles. The van der Waals surface area contributed by atoms with Crippen LogP contribution in [0.1, 0.15) is 63.6 Å². The smallest absolute Gasteiger partial charge is 0.264 e. The first kappa shape index (κ1) is 38.4. The largest absolute Gasteiger partial charge is 0.432 e. The lowest BCUT2D eigenvalue weighted by Gasteiger charge is -2.37. The molecule has 2 N–H and O–H groups in total. The van der Waals surface area contributed by atoms with Crippen LogP contribution in [0.15, 0.2) is 96.1 Å².